The largest absolute Gasteiger partial charge is 0.496 e. The van der Waals surface area contributed by atoms with Crippen LogP contribution in [0.4, 0.5) is 0 Å². The zero-order valence-corrected chi connectivity index (χ0v) is 14.5. The summed E-state index contributed by atoms with van der Waals surface area (Å²) in [6.07, 6.45) is 2.26. The minimum absolute atomic E-state index is 0.289. The number of hydrogen-bond donors (Lipinski definition) is 0. The lowest BCUT2D eigenvalue weighted by Crippen LogP contribution is -1.99. The number of ether oxygens (including phenoxy) is 2. The van der Waals surface area contributed by atoms with E-state index < -0.39 is 0 Å². The van der Waals surface area contributed by atoms with E-state index in [9.17, 15) is 0 Å². The maximum atomic E-state index is 5.44. The summed E-state index contributed by atoms with van der Waals surface area (Å²) in [6.45, 7) is 4.47. The Labute approximate surface area is 126 Å². The number of benzene rings is 1. The molecule has 0 aliphatic carbocycles. The molecule has 102 valence electrons. The van der Waals surface area contributed by atoms with Gasteiger partial charge in [0.15, 0.2) is 0 Å². The van der Waals surface area contributed by atoms with Crippen LogP contribution < -0.4 is 9.47 Å². The zero-order valence-electron chi connectivity index (χ0n) is 11.3. The molecular formula is C14H20Br2O2. The Balaban J connectivity index is 2.97. The van der Waals surface area contributed by atoms with Crippen molar-refractivity contribution in [2.24, 2.45) is 5.92 Å². The van der Waals surface area contributed by atoms with Crippen LogP contribution in [0, 0.1) is 5.92 Å². The Kier molecular flexibility index (Phi) is 6.50. The molecule has 1 atom stereocenters. The molecule has 0 aliphatic rings. The quantitative estimate of drug-likeness (QED) is 0.621. The van der Waals surface area contributed by atoms with E-state index in [1.807, 2.05) is 12.1 Å². The summed E-state index contributed by atoms with van der Waals surface area (Å²) in [7, 11) is 3.37. The Hall–Kier alpha value is -0.220. The third-order valence-corrected chi connectivity index (χ3v) is 4.41. The van der Waals surface area contributed by atoms with Crippen molar-refractivity contribution in [1.29, 1.82) is 0 Å². The molecule has 1 rings (SSSR count). The van der Waals surface area contributed by atoms with E-state index in [0.29, 0.717) is 5.92 Å². The van der Waals surface area contributed by atoms with Gasteiger partial charge in [-0.3, -0.25) is 0 Å². The lowest BCUT2D eigenvalue weighted by atomic mass is 10.0. The molecule has 0 spiro atoms. The predicted molar refractivity (Wildman–Crippen MR) is 83.0 cm³/mol. The second-order valence-corrected chi connectivity index (χ2v) is 6.63. The summed E-state index contributed by atoms with van der Waals surface area (Å²) in [4.78, 5) is 0.289. The summed E-state index contributed by atoms with van der Waals surface area (Å²) in [5.74, 6) is 2.42. The molecule has 2 nitrogen and oxygen atoms in total. The fraction of sp³-hybridized carbons (Fsp3) is 0.571. The molecule has 0 saturated carbocycles. The highest BCUT2D eigenvalue weighted by Gasteiger charge is 2.16. The summed E-state index contributed by atoms with van der Waals surface area (Å²) >= 11 is 7.22. The van der Waals surface area contributed by atoms with Crippen LogP contribution in [0.15, 0.2) is 16.6 Å². The van der Waals surface area contributed by atoms with Gasteiger partial charge in [0.25, 0.3) is 0 Å². The highest BCUT2D eigenvalue weighted by molar-refractivity contribution is 9.10. The van der Waals surface area contributed by atoms with Crippen molar-refractivity contribution in [3.63, 3.8) is 0 Å². The molecule has 0 aliphatic heterocycles. The molecule has 0 saturated heterocycles. The molecule has 0 N–H and O–H groups in total. The molecule has 0 bridgehead atoms. The van der Waals surface area contributed by atoms with Gasteiger partial charge in [-0.25, -0.2) is 0 Å². The minimum atomic E-state index is 0.289. The van der Waals surface area contributed by atoms with Crippen LogP contribution in [0.25, 0.3) is 0 Å². The normalized spacial score (nSPS) is 12.6. The predicted octanol–water partition coefficient (Wildman–Crippen LogP) is 5.34. The van der Waals surface area contributed by atoms with Crippen LogP contribution in [0.3, 0.4) is 0 Å². The molecule has 0 radical (unpaired) electrons. The van der Waals surface area contributed by atoms with Crippen molar-refractivity contribution >= 4 is 31.9 Å². The Morgan fingerprint density at radius 2 is 1.67 bits per heavy atom. The van der Waals surface area contributed by atoms with Gasteiger partial charge in [-0.1, -0.05) is 29.8 Å². The van der Waals surface area contributed by atoms with E-state index in [1.165, 1.54) is 6.42 Å². The number of hydrogen-bond acceptors (Lipinski definition) is 2. The van der Waals surface area contributed by atoms with Gasteiger partial charge < -0.3 is 9.47 Å². The van der Waals surface area contributed by atoms with Crippen LogP contribution in [0.2, 0.25) is 0 Å². The summed E-state index contributed by atoms with van der Waals surface area (Å²) in [6, 6.07) is 3.99. The van der Waals surface area contributed by atoms with E-state index in [-0.39, 0.29) is 4.83 Å². The van der Waals surface area contributed by atoms with Gasteiger partial charge >= 0.3 is 0 Å². The van der Waals surface area contributed by atoms with E-state index in [1.54, 1.807) is 14.2 Å². The smallest absolute Gasteiger partial charge is 0.133 e. The first-order chi connectivity index (χ1) is 8.49. The van der Waals surface area contributed by atoms with Crippen molar-refractivity contribution in [2.45, 2.75) is 31.5 Å². The van der Waals surface area contributed by atoms with E-state index in [4.69, 9.17) is 9.47 Å². The van der Waals surface area contributed by atoms with Gasteiger partial charge in [-0.2, -0.15) is 0 Å². The van der Waals surface area contributed by atoms with Crippen LogP contribution in [-0.4, -0.2) is 14.2 Å². The van der Waals surface area contributed by atoms with Crippen LogP contribution in [0.5, 0.6) is 11.5 Å². The molecule has 0 amide bonds. The van der Waals surface area contributed by atoms with Gasteiger partial charge in [0.05, 0.1) is 18.7 Å². The molecule has 18 heavy (non-hydrogen) atoms. The first-order valence-electron chi connectivity index (χ1n) is 6.05. The Bertz CT molecular complexity index is 392. The van der Waals surface area contributed by atoms with Gasteiger partial charge in [0, 0.05) is 10.4 Å². The summed E-state index contributed by atoms with van der Waals surface area (Å²) in [5.41, 5.74) is 1.14. The number of alkyl halides is 1. The number of rotatable bonds is 6. The van der Waals surface area contributed by atoms with Crippen molar-refractivity contribution in [3.8, 4) is 11.5 Å². The minimum Gasteiger partial charge on any atom is -0.496 e. The second-order valence-electron chi connectivity index (χ2n) is 4.67. The molecular weight excluding hydrogens is 360 g/mol. The first kappa shape index (κ1) is 15.8. The van der Waals surface area contributed by atoms with E-state index in [2.05, 4.69) is 45.7 Å². The van der Waals surface area contributed by atoms with Gasteiger partial charge in [-0.05, 0) is 46.8 Å². The van der Waals surface area contributed by atoms with E-state index in [0.717, 1.165) is 28.0 Å². The molecule has 4 heteroatoms. The fourth-order valence-corrected chi connectivity index (χ4v) is 2.87. The Morgan fingerprint density at radius 3 is 2.17 bits per heavy atom. The lowest BCUT2D eigenvalue weighted by molar-refractivity contribution is 0.395. The number of methoxy groups -OCH3 is 2. The SMILES string of the molecule is COc1cc(C(Br)CCC(C)C)c(OC)cc1Br. The van der Waals surface area contributed by atoms with Crippen LogP contribution >= 0.6 is 31.9 Å². The first-order valence-corrected chi connectivity index (χ1v) is 7.76. The Morgan fingerprint density at radius 1 is 1.06 bits per heavy atom. The lowest BCUT2D eigenvalue weighted by Gasteiger charge is -2.17. The number of halogens is 2. The molecule has 1 aromatic carbocycles. The van der Waals surface area contributed by atoms with E-state index >= 15 is 0 Å². The van der Waals surface area contributed by atoms with Gasteiger partial charge in [0.1, 0.15) is 11.5 Å². The zero-order chi connectivity index (χ0) is 13.7. The van der Waals surface area contributed by atoms with Gasteiger partial charge in [-0.15, -0.1) is 0 Å². The van der Waals surface area contributed by atoms with Crippen molar-refractivity contribution in [1.82, 2.24) is 0 Å². The van der Waals surface area contributed by atoms with Crippen LogP contribution in [-0.2, 0) is 0 Å². The molecule has 1 unspecified atom stereocenters. The van der Waals surface area contributed by atoms with Crippen molar-refractivity contribution in [3.05, 3.63) is 22.2 Å². The maximum absolute atomic E-state index is 5.44. The molecule has 0 heterocycles. The highest BCUT2D eigenvalue weighted by Crippen LogP contribution is 2.40. The van der Waals surface area contributed by atoms with Crippen molar-refractivity contribution in [2.75, 3.05) is 14.2 Å². The average Bonchev–Trinajstić information content (AvgIpc) is 2.35. The third-order valence-electron chi connectivity index (χ3n) is 2.84. The fourth-order valence-electron chi connectivity index (χ4n) is 1.76. The third kappa shape index (κ3) is 4.16. The van der Waals surface area contributed by atoms with Crippen LogP contribution in [0.1, 0.15) is 37.1 Å². The standard InChI is InChI=1S/C14H20Br2O2/c1-9(2)5-6-11(15)10-7-14(18-4)12(16)8-13(10)17-3/h7-9,11H,5-6H2,1-4H3. The molecule has 0 fully saturated rings. The monoisotopic (exact) mass is 378 g/mol. The topological polar surface area (TPSA) is 18.5 Å². The highest BCUT2D eigenvalue weighted by atomic mass is 79.9. The maximum Gasteiger partial charge on any atom is 0.133 e. The molecule has 1 aromatic rings. The van der Waals surface area contributed by atoms with Gasteiger partial charge in [0.2, 0.25) is 0 Å². The average molecular weight is 380 g/mol. The summed E-state index contributed by atoms with van der Waals surface area (Å²) in [5, 5.41) is 0. The summed E-state index contributed by atoms with van der Waals surface area (Å²) < 4.78 is 11.7. The second kappa shape index (κ2) is 7.39. The van der Waals surface area contributed by atoms with Crippen molar-refractivity contribution < 1.29 is 9.47 Å². The molecule has 0 aromatic heterocycles.